The van der Waals surface area contributed by atoms with E-state index in [0.717, 1.165) is 64.8 Å². The third kappa shape index (κ3) is 4.43. The Morgan fingerprint density at radius 3 is 2.71 bits per heavy atom. The number of phenolic OH excluding ortho intramolecular Hbond substituents is 1. The van der Waals surface area contributed by atoms with Gasteiger partial charge in [0.15, 0.2) is 5.82 Å². The molecule has 10 heteroatoms. The number of anilines is 1. The summed E-state index contributed by atoms with van der Waals surface area (Å²) in [5.74, 6) is 1.92. The maximum absolute atomic E-state index is 17.1. The third-order valence-corrected chi connectivity index (χ3v) is 10.6. The van der Waals surface area contributed by atoms with Gasteiger partial charge >= 0.3 is 6.01 Å². The van der Waals surface area contributed by atoms with Crippen LogP contribution in [0, 0.1) is 29.9 Å². The molecule has 3 fully saturated rings. The van der Waals surface area contributed by atoms with Gasteiger partial charge in [0.1, 0.15) is 35.2 Å². The van der Waals surface area contributed by atoms with E-state index in [-0.39, 0.29) is 51.6 Å². The zero-order valence-electron chi connectivity index (χ0n) is 25.4. The molecule has 4 aliphatic rings. The van der Waals surface area contributed by atoms with Crippen molar-refractivity contribution >= 4 is 27.5 Å². The van der Waals surface area contributed by atoms with E-state index >= 15 is 4.39 Å². The molecule has 0 aliphatic carbocycles. The minimum absolute atomic E-state index is 0.00589. The average Bonchev–Trinajstić information content (AvgIpc) is 3.60. The van der Waals surface area contributed by atoms with Crippen LogP contribution in [0.5, 0.6) is 11.8 Å². The first-order chi connectivity index (χ1) is 21.9. The Balaban J connectivity index is 1.36. The van der Waals surface area contributed by atoms with Crippen LogP contribution in [-0.4, -0.2) is 75.9 Å². The summed E-state index contributed by atoms with van der Waals surface area (Å²) in [7, 11) is 0. The topological polar surface area (TPSA) is 86.6 Å². The van der Waals surface area contributed by atoms with Gasteiger partial charge in [0, 0.05) is 36.6 Å². The zero-order valence-corrected chi connectivity index (χ0v) is 25.4. The Bertz CT molecular complexity index is 1880. The highest BCUT2D eigenvalue weighted by atomic mass is 19.1. The predicted octanol–water partition coefficient (Wildman–Crippen LogP) is 5.18. The quantitative estimate of drug-likeness (QED) is 0.299. The lowest BCUT2D eigenvalue weighted by Crippen LogP contribution is -2.54. The van der Waals surface area contributed by atoms with Crippen molar-refractivity contribution in [1.82, 2.24) is 25.2 Å². The molecule has 2 aromatic carbocycles. The van der Waals surface area contributed by atoms with E-state index in [2.05, 4.69) is 28.0 Å². The number of hydrogen-bond donors (Lipinski definition) is 2. The number of nitrogens with one attached hydrogen (secondary N) is 1. The number of aromatic hydroxyl groups is 1. The highest BCUT2D eigenvalue weighted by Gasteiger charge is 2.45. The van der Waals surface area contributed by atoms with E-state index in [9.17, 15) is 9.50 Å². The number of fused-ring (bicyclic) bond motifs is 4. The van der Waals surface area contributed by atoms with Crippen LogP contribution in [0.15, 0.2) is 24.3 Å². The number of piperazine rings is 1. The van der Waals surface area contributed by atoms with Crippen molar-refractivity contribution in [3.8, 4) is 35.4 Å². The van der Waals surface area contributed by atoms with Gasteiger partial charge < -0.3 is 20.1 Å². The Kier molecular flexibility index (Phi) is 6.80. The van der Waals surface area contributed by atoms with Crippen molar-refractivity contribution in [3.63, 3.8) is 0 Å². The van der Waals surface area contributed by atoms with Crippen LogP contribution in [0.25, 0.3) is 32.9 Å². The molecule has 2 atom stereocenters. The molecule has 232 valence electrons. The number of hydrogen-bond acceptors (Lipinski definition) is 8. The number of pyridine rings is 1. The van der Waals surface area contributed by atoms with Crippen LogP contribution in [0.2, 0.25) is 0 Å². The van der Waals surface area contributed by atoms with Crippen molar-refractivity contribution in [2.75, 3.05) is 44.2 Å². The fourth-order valence-electron chi connectivity index (χ4n) is 8.43. The summed E-state index contributed by atoms with van der Waals surface area (Å²) in [5.41, 5.74) is 0.954. The maximum Gasteiger partial charge on any atom is 0.319 e. The minimum Gasteiger partial charge on any atom is -0.508 e. The largest absolute Gasteiger partial charge is 0.508 e. The van der Waals surface area contributed by atoms with Crippen LogP contribution >= 0.6 is 0 Å². The number of halogens is 2. The van der Waals surface area contributed by atoms with E-state index < -0.39 is 11.6 Å². The van der Waals surface area contributed by atoms with Gasteiger partial charge in [-0.15, -0.1) is 6.42 Å². The smallest absolute Gasteiger partial charge is 0.319 e. The van der Waals surface area contributed by atoms with E-state index in [0.29, 0.717) is 40.7 Å². The third-order valence-electron chi connectivity index (χ3n) is 10.6. The molecule has 45 heavy (non-hydrogen) atoms. The summed E-state index contributed by atoms with van der Waals surface area (Å²) in [6.07, 6.45) is 11.7. The first-order valence-corrected chi connectivity index (χ1v) is 16.1. The number of benzene rings is 2. The molecule has 8 nitrogen and oxygen atoms in total. The Labute approximate surface area is 260 Å². The predicted molar refractivity (Wildman–Crippen MR) is 170 cm³/mol. The normalized spacial score (nSPS) is 22.3. The van der Waals surface area contributed by atoms with Gasteiger partial charge in [0.05, 0.1) is 22.2 Å². The number of phenols is 1. The fraction of sp³-hybridized carbons (Fsp3) is 0.457. The van der Waals surface area contributed by atoms with Crippen molar-refractivity contribution in [2.24, 2.45) is 5.92 Å². The first-order valence-electron chi connectivity index (χ1n) is 16.1. The fourth-order valence-corrected chi connectivity index (χ4v) is 8.43. The van der Waals surface area contributed by atoms with Gasteiger partial charge in [0.25, 0.3) is 0 Å². The van der Waals surface area contributed by atoms with Crippen molar-refractivity contribution in [3.05, 3.63) is 47.2 Å². The van der Waals surface area contributed by atoms with Crippen LogP contribution in [0.1, 0.15) is 50.3 Å². The standard InChI is InChI=1S/C35H36F2N6O2/c1-3-20-16-26-29-32(30(37)31(39-26)24-17-22(44)15-21-7-8-25(36)23(4-2)28(21)24)40-34(41-33(29)43-14-11-38-18-27(20)43)45-19-35-9-5-12-42(35)13-6-10-35/h2,7-8,15,17,20,27,38,44H,3,5-6,9-14,16,18-19H2,1H3. The minimum atomic E-state index is -0.676. The maximum atomic E-state index is 17.1. The second-order valence-electron chi connectivity index (χ2n) is 13.0. The van der Waals surface area contributed by atoms with Crippen LogP contribution in [-0.2, 0) is 6.42 Å². The van der Waals surface area contributed by atoms with Crippen molar-refractivity contribution < 1.29 is 18.6 Å². The highest BCUT2D eigenvalue weighted by molar-refractivity contribution is 6.03. The molecule has 8 rings (SSSR count). The van der Waals surface area contributed by atoms with Gasteiger partial charge in [-0.05, 0) is 74.7 Å². The Morgan fingerprint density at radius 1 is 1.11 bits per heavy atom. The second kappa shape index (κ2) is 10.8. The number of ether oxygens (including phenoxy) is 1. The molecule has 2 unspecified atom stereocenters. The van der Waals surface area contributed by atoms with Crippen LogP contribution < -0.4 is 15.0 Å². The molecule has 4 aromatic rings. The van der Waals surface area contributed by atoms with Gasteiger partial charge in [-0.3, -0.25) is 4.90 Å². The SMILES string of the molecule is C#Cc1c(F)ccc2cc(O)cc(-c3nc4c5c(nc(OCC67CCCN6CCC7)nc5c3F)N3CCNCC3C(CC)C4)c12. The zero-order chi connectivity index (χ0) is 30.9. The molecule has 4 aliphatic heterocycles. The number of nitrogens with zero attached hydrogens (tertiary/aromatic N) is 5. The molecular weight excluding hydrogens is 574 g/mol. The summed E-state index contributed by atoms with van der Waals surface area (Å²) < 4.78 is 38.5. The molecule has 0 saturated carbocycles. The van der Waals surface area contributed by atoms with Crippen molar-refractivity contribution in [1.29, 1.82) is 0 Å². The summed E-state index contributed by atoms with van der Waals surface area (Å²) in [6.45, 7) is 7.03. The summed E-state index contributed by atoms with van der Waals surface area (Å²) >= 11 is 0. The first kappa shape index (κ1) is 28.4. The van der Waals surface area contributed by atoms with Crippen molar-refractivity contribution in [2.45, 2.75) is 57.0 Å². The monoisotopic (exact) mass is 610 g/mol. The molecule has 0 spiro atoms. The van der Waals surface area contributed by atoms with E-state index in [1.54, 1.807) is 0 Å². The van der Waals surface area contributed by atoms with E-state index in [1.165, 1.54) is 24.3 Å². The summed E-state index contributed by atoms with van der Waals surface area (Å²) in [6, 6.07) is 5.97. The molecule has 2 N–H and O–H groups in total. The lowest BCUT2D eigenvalue weighted by atomic mass is 9.90. The number of terminal acetylenes is 1. The Morgan fingerprint density at radius 2 is 1.93 bits per heavy atom. The number of aromatic nitrogens is 3. The van der Waals surface area contributed by atoms with Gasteiger partial charge in [-0.25, -0.2) is 13.8 Å². The van der Waals surface area contributed by atoms with Gasteiger partial charge in [0.2, 0.25) is 0 Å². The lowest BCUT2D eigenvalue weighted by molar-refractivity contribution is 0.108. The van der Waals surface area contributed by atoms with Crippen LogP contribution in [0.3, 0.4) is 0 Å². The average molecular weight is 611 g/mol. The number of rotatable bonds is 5. The molecule has 3 saturated heterocycles. The second-order valence-corrected chi connectivity index (χ2v) is 13.0. The summed E-state index contributed by atoms with van der Waals surface area (Å²) in [4.78, 5) is 19.5. The van der Waals surface area contributed by atoms with Gasteiger partial charge in [-0.1, -0.05) is 25.3 Å². The molecule has 6 heterocycles. The molecule has 0 amide bonds. The molecule has 0 radical (unpaired) electrons. The Hall–Kier alpha value is -4.07. The van der Waals surface area contributed by atoms with E-state index in [1.807, 2.05) is 0 Å². The van der Waals surface area contributed by atoms with Gasteiger partial charge in [-0.2, -0.15) is 9.97 Å². The summed E-state index contributed by atoms with van der Waals surface area (Å²) in [5, 5.41) is 15.6. The van der Waals surface area contributed by atoms with Crippen LogP contribution in [0.4, 0.5) is 14.6 Å². The van der Waals surface area contributed by atoms with E-state index in [4.69, 9.17) is 26.1 Å². The lowest BCUT2D eigenvalue weighted by Gasteiger charge is -2.40. The highest BCUT2D eigenvalue weighted by Crippen LogP contribution is 2.44. The molecular formula is C35H36F2N6O2. The molecule has 2 aromatic heterocycles. The molecule has 0 bridgehead atoms.